The third-order valence-electron chi connectivity index (χ3n) is 3.14. The maximum Gasteiger partial charge on any atom is 0.142 e. The Balaban J connectivity index is 2.20. The zero-order valence-corrected chi connectivity index (χ0v) is 12.4. The van der Waals surface area contributed by atoms with E-state index >= 15 is 0 Å². The number of nitrogens with one attached hydrogen (secondary N) is 1. The van der Waals surface area contributed by atoms with Gasteiger partial charge in [-0.25, -0.2) is 0 Å². The summed E-state index contributed by atoms with van der Waals surface area (Å²) in [6.45, 7) is 2.06. The van der Waals surface area contributed by atoms with Crippen LogP contribution in [0, 0.1) is 6.92 Å². The third-order valence-corrected chi connectivity index (χ3v) is 3.86. The van der Waals surface area contributed by atoms with Gasteiger partial charge in [-0.1, -0.05) is 6.07 Å². The van der Waals surface area contributed by atoms with Gasteiger partial charge < -0.3 is 15.5 Å². The van der Waals surface area contributed by atoms with Gasteiger partial charge in [0.2, 0.25) is 0 Å². The number of hydrogen-bond acceptors (Lipinski definition) is 5. The fourth-order valence-electron chi connectivity index (χ4n) is 1.94. The van der Waals surface area contributed by atoms with Gasteiger partial charge in [-0.05, 0) is 31.4 Å². The van der Waals surface area contributed by atoms with Crippen molar-refractivity contribution < 1.29 is 10.2 Å². The highest BCUT2D eigenvalue weighted by Gasteiger charge is 2.11. The molecule has 0 unspecified atom stereocenters. The number of nitrogens with zero attached hydrogens (tertiary/aromatic N) is 1. The van der Waals surface area contributed by atoms with Crippen molar-refractivity contribution in [2.45, 2.75) is 25.0 Å². The second-order valence-electron chi connectivity index (χ2n) is 4.44. The average Bonchev–Trinajstić information content (AvgIpc) is 2.49. The van der Waals surface area contributed by atoms with E-state index < -0.39 is 0 Å². The molecule has 0 saturated heterocycles. The fourth-order valence-corrected chi connectivity index (χ4v) is 2.40. The Hall–Kier alpha value is -1.72. The number of pyridine rings is 1. The maximum atomic E-state index is 10.1. The minimum atomic E-state index is -0.136. The normalized spacial score (nSPS) is 10.6. The summed E-state index contributed by atoms with van der Waals surface area (Å²) >= 11 is 1.68. The number of hydrogen-bond donors (Lipinski definition) is 3. The van der Waals surface area contributed by atoms with Crippen LogP contribution in [0.5, 0.6) is 5.75 Å². The van der Waals surface area contributed by atoms with Crippen LogP contribution < -0.4 is 5.32 Å². The molecule has 0 atom stereocenters. The van der Waals surface area contributed by atoms with Crippen LogP contribution in [0.2, 0.25) is 0 Å². The topological polar surface area (TPSA) is 65.4 Å². The molecule has 0 radical (unpaired) electrons. The summed E-state index contributed by atoms with van der Waals surface area (Å²) in [5.41, 5.74) is 2.88. The lowest BCUT2D eigenvalue weighted by molar-refractivity contribution is 0.279. The van der Waals surface area contributed by atoms with Crippen molar-refractivity contribution in [1.29, 1.82) is 0 Å². The van der Waals surface area contributed by atoms with E-state index in [1.807, 2.05) is 30.5 Å². The highest BCUT2D eigenvalue weighted by atomic mass is 32.2. The first-order chi connectivity index (χ1) is 9.65. The first-order valence-corrected chi connectivity index (χ1v) is 7.53. The molecule has 20 heavy (non-hydrogen) atoms. The first kappa shape index (κ1) is 14.7. The van der Waals surface area contributed by atoms with Crippen LogP contribution in [0.25, 0.3) is 0 Å². The summed E-state index contributed by atoms with van der Waals surface area (Å²) in [7, 11) is 0. The minimum absolute atomic E-state index is 0.136. The van der Waals surface area contributed by atoms with Gasteiger partial charge in [0.15, 0.2) is 0 Å². The van der Waals surface area contributed by atoms with Gasteiger partial charge >= 0.3 is 0 Å². The number of aliphatic hydroxyl groups is 1. The van der Waals surface area contributed by atoms with Crippen LogP contribution in [0.15, 0.2) is 35.4 Å². The molecule has 2 rings (SSSR count). The summed E-state index contributed by atoms with van der Waals surface area (Å²) < 4.78 is 0. The van der Waals surface area contributed by atoms with E-state index in [2.05, 4.69) is 10.3 Å². The van der Waals surface area contributed by atoms with E-state index in [0.717, 1.165) is 5.69 Å². The van der Waals surface area contributed by atoms with Gasteiger partial charge in [-0.15, -0.1) is 11.8 Å². The van der Waals surface area contributed by atoms with Crippen LogP contribution in [0.3, 0.4) is 0 Å². The molecule has 0 saturated carbocycles. The average molecular weight is 290 g/mol. The lowest BCUT2D eigenvalue weighted by atomic mass is 10.1. The van der Waals surface area contributed by atoms with E-state index in [-0.39, 0.29) is 12.4 Å². The smallest absolute Gasteiger partial charge is 0.142 e. The Bertz CT molecular complexity index is 602. The van der Waals surface area contributed by atoms with Gasteiger partial charge in [-0.3, -0.25) is 4.98 Å². The predicted octanol–water partition coefficient (Wildman–Crippen LogP) is 2.92. The van der Waals surface area contributed by atoms with Crippen LogP contribution in [-0.4, -0.2) is 21.5 Å². The summed E-state index contributed by atoms with van der Waals surface area (Å²) in [6, 6.07) is 8.06. The molecule has 0 aliphatic rings. The summed E-state index contributed by atoms with van der Waals surface area (Å²) in [5.74, 6) is 0.144. The van der Waals surface area contributed by atoms with Crippen molar-refractivity contribution in [2.24, 2.45) is 0 Å². The molecule has 0 amide bonds. The van der Waals surface area contributed by atoms with Crippen LogP contribution >= 0.6 is 11.8 Å². The molecule has 2 aromatic rings. The Kier molecular flexibility index (Phi) is 4.87. The van der Waals surface area contributed by atoms with Gasteiger partial charge in [-0.2, -0.15) is 0 Å². The highest BCUT2D eigenvalue weighted by Crippen LogP contribution is 2.25. The molecule has 1 aromatic carbocycles. The third kappa shape index (κ3) is 3.23. The summed E-state index contributed by atoms with van der Waals surface area (Å²) in [4.78, 5) is 5.23. The lowest BCUT2D eigenvalue weighted by Gasteiger charge is -2.13. The molecule has 3 N–H and O–H groups in total. The molecule has 1 aromatic heterocycles. The number of aliphatic hydroxyl groups excluding tert-OH is 1. The molecule has 0 spiro atoms. The van der Waals surface area contributed by atoms with Crippen molar-refractivity contribution in [1.82, 2.24) is 4.98 Å². The summed E-state index contributed by atoms with van der Waals surface area (Å²) in [6.07, 6.45) is 3.63. The first-order valence-electron chi connectivity index (χ1n) is 6.30. The van der Waals surface area contributed by atoms with Gasteiger partial charge in [0.05, 0.1) is 12.3 Å². The van der Waals surface area contributed by atoms with E-state index in [0.29, 0.717) is 23.4 Å². The molecule has 5 heteroatoms. The van der Waals surface area contributed by atoms with Crippen molar-refractivity contribution in [3.05, 3.63) is 47.3 Å². The van der Waals surface area contributed by atoms with Crippen LogP contribution in [-0.2, 0) is 13.2 Å². The molecule has 0 bridgehead atoms. The van der Waals surface area contributed by atoms with Gasteiger partial charge in [0.1, 0.15) is 5.75 Å². The number of rotatable bonds is 5. The molecule has 106 valence electrons. The quantitative estimate of drug-likeness (QED) is 0.739. The molecule has 4 nitrogen and oxygen atoms in total. The fraction of sp³-hybridized carbons (Fsp3) is 0.267. The van der Waals surface area contributed by atoms with Gasteiger partial charge in [0, 0.05) is 34.5 Å². The van der Waals surface area contributed by atoms with Crippen molar-refractivity contribution in [2.75, 3.05) is 11.6 Å². The highest BCUT2D eigenvalue weighted by molar-refractivity contribution is 7.98. The molecular weight excluding hydrogens is 272 g/mol. The maximum absolute atomic E-state index is 10.1. The summed E-state index contributed by atoms with van der Waals surface area (Å²) in [5, 5.41) is 22.7. The number of aryl methyl sites for hydroxylation is 1. The van der Waals surface area contributed by atoms with E-state index in [4.69, 9.17) is 0 Å². The number of aromatic nitrogens is 1. The standard InChI is InChI=1S/C15H18N2O2S/c1-10-15(19)14(11(9-18)7-16-10)8-17-12-4-3-5-13(6-12)20-2/h3-7,17-19H,8-9H2,1-2H3. The van der Waals surface area contributed by atoms with Gasteiger partial charge in [0.25, 0.3) is 0 Å². The van der Waals surface area contributed by atoms with Crippen molar-refractivity contribution >= 4 is 17.4 Å². The van der Waals surface area contributed by atoms with E-state index in [1.54, 1.807) is 24.9 Å². The SMILES string of the molecule is CSc1cccc(NCc2c(CO)cnc(C)c2O)c1. The zero-order valence-electron chi connectivity index (χ0n) is 11.6. The van der Waals surface area contributed by atoms with E-state index in [1.165, 1.54) is 4.90 Å². The molecule has 0 aliphatic carbocycles. The number of aromatic hydroxyl groups is 1. The molecule has 0 aliphatic heterocycles. The van der Waals surface area contributed by atoms with E-state index in [9.17, 15) is 10.2 Å². The molecule has 1 heterocycles. The zero-order chi connectivity index (χ0) is 14.5. The second kappa shape index (κ2) is 6.63. The molecule has 0 fully saturated rings. The largest absolute Gasteiger partial charge is 0.506 e. The number of thioether (sulfide) groups is 1. The lowest BCUT2D eigenvalue weighted by Crippen LogP contribution is -2.05. The Morgan fingerprint density at radius 3 is 2.85 bits per heavy atom. The Morgan fingerprint density at radius 2 is 2.15 bits per heavy atom. The second-order valence-corrected chi connectivity index (χ2v) is 5.32. The Morgan fingerprint density at radius 1 is 1.35 bits per heavy atom. The Labute approximate surface area is 122 Å². The molecular formula is C15H18N2O2S. The van der Waals surface area contributed by atoms with Crippen LogP contribution in [0.1, 0.15) is 16.8 Å². The predicted molar refractivity (Wildman–Crippen MR) is 82.1 cm³/mol. The monoisotopic (exact) mass is 290 g/mol. The minimum Gasteiger partial charge on any atom is -0.506 e. The number of anilines is 1. The van der Waals surface area contributed by atoms with Crippen LogP contribution in [0.4, 0.5) is 5.69 Å². The van der Waals surface area contributed by atoms with Crippen molar-refractivity contribution in [3.63, 3.8) is 0 Å². The van der Waals surface area contributed by atoms with Crippen molar-refractivity contribution in [3.8, 4) is 5.75 Å². The number of benzene rings is 1.